The van der Waals surface area contributed by atoms with Crippen LogP contribution in [0, 0.1) is 0 Å². The highest BCUT2D eigenvalue weighted by Crippen LogP contribution is 2.30. The molecule has 2 aromatic rings. The predicted octanol–water partition coefficient (Wildman–Crippen LogP) is 3.08. The van der Waals surface area contributed by atoms with E-state index in [-0.39, 0.29) is 0 Å². The van der Waals surface area contributed by atoms with E-state index in [2.05, 4.69) is 25.9 Å². The largest absolute Gasteiger partial charge is 0.361 e. The monoisotopic (exact) mass is 326 g/mol. The summed E-state index contributed by atoms with van der Waals surface area (Å²) in [6.07, 6.45) is 13.1. The molecule has 5 heteroatoms. The van der Waals surface area contributed by atoms with Crippen molar-refractivity contribution in [3.63, 3.8) is 0 Å². The molecule has 0 N–H and O–H groups in total. The molecule has 3 heterocycles. The Morgan fingerprint density at radius 1 is 1.08 bits per heavy atom. The van der Waals surface area contributed by atoms with Gasteiger partial charge in [-0.3, -0.25) is 4.90 Å². The van der Waals surface area contributed by atoms with E-state index in [1.807, 2.05) is 0 Å². The number of hydrogen-bond donors (Lipinski definition) is 0. The SMILES string of the molecule is c1nc2c(n1C1CCN(Cc3noc4c3CCCC4)C1)CCCC2. The topological polar surface area (TPSA) is 47.1 Å². The van der Waals surface area contributed by atoms with E-state index in [0.29, 0.717) is 6.04 Å². The van der Waals surface area contributed by atoms with Crippen molar-refractivity contribution in [1.29, 1.82) is 0 Å². The minimum atomic E-state index is 0.585. The fourth-order valence-electron chi connectivity index (χ4n) is 4.77. The first-order chi connectivity index (χ1) is 11.9. The van der Waals surface area contributed by atoms with E-state index < -0.39 is 0 Å². The smallest absolute Gasteiger partial charge is 0.140 e. The summed E-state index contributed by atoms with van der Waals surface area (Å²) in [6.45, 7) is 3.22. The molecule has 2 aromatic heterocycles. The first-order valence-electron chi connectivity index (χ1n) is 9.62. The van der Waals surface area contributed by atoms with Gasteiger partial charge in [0.25, 0.3) is 0 Å². The molecule has 0 spiro atoms. The van der Waals surface area contributed by atoms with Crippen LogP contribution in [0.3, 0.4) is 0 Å². The fraction of sp³-hybridized carbons (Fsp3) is 0.684. The second-order valence-corrected chi connectivity index (χ2v) is 7.67. The van der Waals surface area contributed by atoms with Crippen LogP contribution in [0.15, 0.2) is 10.9 Å². The molecule has 0 aromatic carbocycles. The lowest BCUT2D eigenvalue weighted by Gasteiger charge is -2.20. The summed E-state index contributed by atoms with van der Waals surface area (Å²) in [5.74, 6) is 1.15. The van der Waals surface area contributed by atoms with Crippen molar-refractivity contribution in [2.24, 2.45) is 0 Å². The van der Waals surface area contributed by atoms with Crippen LogP contribution in [-0.2, 0) is 32.2 Å². The van der Waals surface area contributed by atoms with Gasteiger partial charge in [-0.15, -0.1) is 0 Å². The standard InChI is InChI=1S/C19H26N4O/c1-4-8-19-15(5-1)17(21-24-19)12-22-10-9-14(11-22)23-13-20-16-6-2-3-7-18(16)23/h13-14H,1-12H2. The van der Waals surface area contributed by atoms with Crippen molar-refractivity contribution in [2.45, 2.75) is 70.4 Å². The molecule has 0 bridgehead atoms. The lowest BCUT2D eigenvalue weighted by Crippen LogP contribution is -2.23. The van der Waals surface area contributed by atoms with Gasteiger partial charge in [0, 0.05) is 43.4 Å². The Hall–Kier alpha value is -1.62. The van der Waals surface area contributed by atoms with Gasteiger partial charge in [-0.1, -0.05) is 5.16 Å². The van der Waals surface area contributed by atoms with Gasteiger partial charge in [0.05, 0.1) is 12.0 Å². The van der Waals surface area contributed by atoms with Crippen LogP contribution in [-0.4, -0.2) is 32.7 Å². The minimum absolute atomic E-state index is 0.585. The quantitative estimate of drug-likeness (QED) is 0.870. The molecule has 5 nitrogen and oxygen atoms in total. The molecule has 2 aliphatic carbocycles. The highest BCUT2D eigenvalue weighted by atomic mass is 16.5. The van der Waals surface area contributed by atoms with Gasteiger partial charge in [-0.05, 0) is 51.4 Å². The molecule has 3 aliphatic rings. The number of aromatic nitrogens is 3. The Labute approximate surface area is 143 Å². The zero-order chi connectivity index (χ0) is 15.9. The van der Waals surface area contributed by atoms with Gasteiger partial charge in [0.2, 0.25) is 0 Å². The highest BCUT2D eigenvalue weighted by molar-refractivity contribution is 5.25. The lowest BCUT2D eigenvalue weighted by molar-refractivity contribution is 0.298. The van der Waals surface area contributed by atoms with Gasteiger partial charge in [-0.2, -0.15) is 0 Å². The average molecular weight is 326 g/mol. The van der Waals surface area contributed by atoms with Crippen LogP contribution in [0.1, 0.15) is 66.6 Å². The van der Waals surface area contributed by atoms with Crippen LogP contribution in [0.2, 0.25) is 0 Å². The molecule has 1 fully saturated rings. The molecule has 0 saturated carbocycles. The van der Waals surface area contributed by atoms with Crippen LogP contribution >= 0.6 is 0 Å². The maximum atomic E-state index is 5.58. The summed E-state index contributed by atoms with van der Waals surface area (Å²) in [5.41, 5.74) is 5.46. The Kier molecular flexibility index (Phi) is 3.69. The number of hydrogen-bond acceptors (Lipinski definition) is 4. The average Bonchev–Trinajstić information content (AvgIpc) is 3.34. The molecule has 5 rings (SSSR count). The third-order valence-electron chi connectivity index (χ3n) is 6.11. The second-order valence-electron chi connectivity index (χ2n) is 7.67. The maximum absolute atomic E-state index is 5.58. The molecular formula is C19H26N4O. The van der Waals surface area contributed by atoms with Crippen LogP contribution in [0.4, 0.5) is 0 Å². The van der Waals surface area contributed by atoms with Crippen LogP contribution in [0.25, 0.3) is 0 Å². The molecule has 128 valence electrons. The molecular weight excluding hydrogens is 300 g/mol. The lowest BCUT2D eigenvalue weighted by atomic mass is 9.96. The van der Waals surface area contributed by atoms with Crippen molar-refractivity contribution < 1.29 is 4.52 Å². The number of imidazole rings is 1. The third kappa shape index (κ3) is 2.50. The van der Waals surface area contributed by atoms with Crippen LogP contribution in [0.5, 0.6) is 0 Å². The van der Waals surface area contributed by atoms with Gasteiger partial charge in [0.15, 0.2) is 0 Å². The summed E-state index contributed by atoms with van der Waals surface area (Å²) in [5, 5.41) is 4.38. The number of fused-ring (bicyclic) bond motifs is 2. The molecule has 1 saturated heterocycles. The molecule has 1 aliphatic heterocycles. The Morgan fingerprint density at radius 2 is 1.96 bits per heavy atom. The van der Waals surface area contributed by atoms with E-state index in [0.717, 1.165) is 38.2 Å². The second kappa shape index (κ2) is 6.03. The predicted molar refractivity (Wildman–Crippen MR) is 90.9 cm³/mol. The molecule has 24 heavy (non-hydrogen) atoms. The third-order valence-corrected chi connectivity index (χ3v) is 6.11. The van der Waals surface area contributed by atoms with Crippen molar-refractivity contribution in [2.75, 3.05) is 13.1 Å². The van der Waals surface area contributed by atoms with Crippen LogP contribution < -0.4 is 0 Å². The van der Waals surface area contributed by atoms with E-state index in [9.17, 15) is 0 Å². The number of aryl methyl sites for hydroxylation is 2. The Morgan fingerprint density at radius 3 is 2.96 bits per heavy atom. The highest BCUT2D eigenvalue weighted by Gasteiger charge is 2.29. The van der Waals surface area contributed by atoms with Crippen molar-refractivity contribution in [3.05, 3.63) is 34.7 Å². The minimum Gasteiger partial charge on any atom is -0.361 e. The Balaban J connectivity index is 1.29. The Bertz CT molecular complexity index is 732. The fourth-order valence-corrected chi connectivity index (χ4v) is 4.77. The molecule has 1 unspecified atom stereocenters. The van der Waals surface area contributed by atoms with E-state index >= 15 is 0 Å². The maximum Gasteiger partial charge on any atom is 0.140 e. The zero-order valence-corrected chi connectivity index (χ0v) is 14.3. The summed E-state index contributed by atoms with van der Waals surface area (Å²) in [6, 6.07) is 0.585. The normalized spacial score (nSPS) is 24.1. The summed E-state index contributed by atoms with van der Waals surface area (Å²) >= 11 is 0. The van der Waals surface area contributed by atoms with Gasteiger partial charge >= 0.3 is 0 Å². The summed E-state index contributed by atoms with van der Waals surface area (Å²) in [7, 11) is 0. The van der Waals surface area contributed by atoms with Crippen molar-refractivity contribution in [3.8, 4) is 0 Å². The molecule has 0 radical (unpaired) electrons. The van der Waals surface area contributed by atoms with Crippen molar-refractivity contribution in [1.82, 2.24) is 19.6 Å². The number of rotatable bonds is 3. The zero-order valence-electron chi connectivity index (χ0n) is 14.3. The molecule has 0 amide bonds. The van der Waals surface area contributed by atoms with E-state index in [1.165, 1.54) is 67.6 Å². The molecule has 1 atom stereocenters. The van der Waals surface area contributed by atoms with E-state index in [4.69, 9.17) is 4.52 Å². The first-order valence-corrected chi connectivity index (χ1v) is 9.62. The number of nitrogens with zero attached hydrogens (tertiary/aromatic N) is 4. The van der Waals surface area contributed by atoms with E-state index in [1.54, 1.807) is 0 Å². The summed E-state index contributed by atoms with van der Waals surface area (Å²) in [4.78, 5) is 7.23. The first kappa shape index (κ1) is 14.7. The summed E-state index contributed by atoms with van der Waals surface area (Å²) < 4.78 is 8.06. The van der Waals surface area contributed by atoms with Crippen molar-refractivity contribution >= 4 is 0 Å². The van der Waals surface area contributed by atoms with Gasteiger partial charge < -0.3 is 9.09 Å². The number of likely N-dealkylation sites (tertiary alicyclic amines) is 1. The van der Waals surface area contributed by atoms with Gasteiger partial charge in [0.1, 0.15) is 11.5 Å². The van der Waals surface area contributed by atoms with Gasteiger partial charge in [-0.25, -0.2) is 4.98 Å².